The van der Waals surface area contributed by atoms with Crippen molar-refractivity contribution in [3.8, 4) is 5.75 Å². The number of hydrogen-bond acceptors (Lipinski definition) is 5. The Morgan fingerprint density at radius 3 is 2.53 bits per heavy atom. The molecule has 2 rings (SSSR count). The van der Waals surface area contributed by atoms with E-state index in [1.54, 1.807) is 24.1 Å². The lowest BCUT2D eigenvalue weighted by molar-refractivity contribution is 0.0589. The molecule has 0 radical (unpaired) electrons. The van der Waals surface area contributed by atoms with Gasteiger partial charge in [0.2, 0.25) is 0 Å². The summed E-state index contributed by atoms with van der Waals surface area (Å²) in [7, 11) is 4.43. The van der Waals surface area contributed by atoms with Crippen molar-refractivity contribution in [2.45, 2.75) is 18.9 Å². The SMILES string of the molecule is COC(=O)c1nc(C(=O)N(C)C2CC2)ccc1OC. The number of methoxy groups -OCH3 is 2. The first-order valence-corrected chi connectivity index (χ1v) is 5.99. The van der Waals surface area contributed by atoms with Crippen molar-refractivity contribution in [2.24, 2.45) is 0 Å². The molecule has 1 saturated carbocycles. The van der Waals surface area contributed by atoms with Crippen LogP contribution in [0.25, 0.3) is 0 Å². The van der Waals surface area contributed by atoms with Crippen LogP contribution in [0.3, 0.4) is 0 Å². The smallest absolute Gasteiger partial charge is 0.360 e. The Bertz CT molecular complexity index is 511. The van der Waals surface area contributed by atoms with Gasteiger partial charge >= 0.3 is 5.97 Å². The van der Waals surface area contributed by atoms with E-state index in [0.29, 0.717) is 0 Å². The van der Waals surface area contributed by atoms with Gasteiger partial charge in [-0.3, -0.25) is 4.79 Å². The molecule has 0 aliphatic heterocycles. The zero-order chi connectivity index (χ0) is 14.0. The topological polar surface area (TPSA) is 68.7 Å². The molecule has 6 nitrogen and oxygen atoms in total. The zero-order valence-corrected chi connectivity index (χ0v) is 11.2. The van der Waals surface area contributed by atoms with Gasteiger partial charge in [-0.25, -0.2) is 9.78 Å². The molecule has 1 aromatic heterocycles. The Balaban J connectivity index is 2.31. The standard InChI is InChI=1S/C13H16N2O4/c1-15(8-4-5-8)12(16)9-6-7-10(18-2)11(14-9)13(17)19-3/h6-8H,4-5H2,1-3H3. The number of pyridine rings is 1. The van der Waals surface area contributed by atoms with E-state index in [9.17, 15) is 9.59 Å². The summed E-state index contributed by atoms with van der Waals surface area (Å²) < 4.78 is 9.66. The van der Waals surface area contributed by atoms with Gasteiger partial charge in [0.05, 0.1) is 14.2 Å². The second-order valence-electron chi connectivity index (χ2n) is 4.39. The van der Waals surface area contributed by atoms with Crippen molar-refractivity contribution < 1.29 is 19.1 Å². The molecule has 19 heavy (non-hydrogen) atoms. The highest BCUT2D eigenvalue weighted by Gasteiger charge is 2.31. The third kappa shape index (κ3) is 2.67. The van der Waals surface area contributed by atoms with Crippen molar-refractivity contribution >= 4 is 11.9 Å². The van der Waals surface area contributed by atoms with Crippen molar-refractivity contribution in [3.63, 3.8) is 0 Å². The lowest BCUT2D eigenvalue weighted by Gasteiger charge is -2.16. The fraction of sp³-hybridized carbons (Fsp3) is 0.462. The molecule has 6 heteroatoms. The predicted octanol–water partition coefficient (Wildman–Crippen LogP) is 1.11. The van der Waals surface area contributed by atoms with E-state index in [0.717, 1.165) is 12.8 Å². The van der Waals surface area contributed by atoms with E-state index < -0.39 is 5.97 Å². The Labute approximate surface area is 111 Å². The van der Waals surface area contributed by atoms with Gasteiger partial charge in [0.15, 0.2) is 11.4 Å². The van der Waals surface area contributed by atoms with Gasteiger partial charge in [-0.1, -0.05) is 0 Å². The molecule has 0 N–H and O–H groups in total. The summed E-state index contributed by atoms with van der Waals surface area (Å²) in [6, 6.07) is 3.39. The molecule has 0 atom stereocenters. The van der Waals surface area contributed by atoms with Gasteiger partial charge in [0.25, 0.3) is 5.91 Å². The maximum atomic E-state index is 12.2. The second kappa shape index (κ2) is 5.26. The maximum absolute atomic E-state index is 12.2. The van der Waals surface area contributed by atoms with Crippen LogP contribution in [0.1, 0.15) is 33.8 Å². The number of nitrogens with zero attached hydrogens (tertiary/aromatic N) is 2. The van der Waals surface area contributed by atoms with Crippen LogP contribution in [0, 0.1) is 0 Å². The van der Waals surface area contributed by atoms with Crippen molar-refractivity contribution in [2.75, 3.05) is 21.3 Å². The molecule has 1 heterocycles. The van der Waals surface area contributed by atoms with Crippen LogP contribution in [-0.4, -0.2) is 49.1 Å². The highest BCUT2D eigenvalue weighted by atomic mass is 16.5. The summed E-state index contributed by atoms with van der Waals surface area (Å²) in [6.45, 7) is 0. The van der Waals surface area contributed by atoms with Gasteiger partial charge in [-0.05, 0) is 25.0 Å². The molecule has 1 amide bonds. The van der Waals surface area contributed by atoms with Crippen LogP contribution in [0.2, 0.25) is 0 Å². The lowest BCUT2D eigenvalue weighted by atomic mass is 10.2. The van der Waals surface area contributed by atoms with E-state index in [2.05, 4.69) is 9.72 Å². The molecule has 0 aromatic carbocycles. The molecule has 0 saturated heterocycles. The molecular weight excluding hydrogens is 248 g/mol. The molecule has 1 aromatic rings. The first-order valence-electron chi connectivity index (χ1n) is 5.99. The minimum absolute atomic E-state index is 0.0139. The van der Waals surface area contributed by atoms with E-state index in [1.807, 2.05) is 0 Å². The summed E-state index contributed by atoms with van der Waals surface area (Å²) in [5.41, 5.74) is 0.232. The number of esters is 1. The molecule has 1 aliphatic carbocycles. The largest absolute Gasteiger partial charge is 0.494 e. The van der Waals surface area contributed by atoms with Crippen LogP contribution in [0.15, 0.2) is 12.1 Å². The quantitative estimate of drug-likeness (QED) is 0.762. The molecule has 1 fully saturated rings. The predicted molar refractivity (Wildman–Crippen MR) is 67.2 cm³/mol. The van der Waals surface area contributed by atoms with E-state index in [-0.39, 0.29) is 29.1 Å². The highest BCUT2D eigenvalue weighted by molar-refractivity contribution is 5.96. The van der Waals surface area contributed by atoms with Crippen LogP contribution in [-0.2, 0) is 4.74 Å². The number of carbonyl (C=O) groups excluding carboxylic acids is 2. The second-order valence-corrected chi connectivity index (χ2v) is 4.39. The number of amides is 1. The van der Waals surface area contributed by atoms with Gasteiger partial charge in [-0.2, -0.15) is 0 Å². The number of aromatic nitrogens is 1. The first-order chi connectivity index (χ1) is 9.08. The number of hydrogen-bond donors (Lipinski definition) is 0. The number of ether oxygens (including phenoxy) is 2. The Morgan fingerprint density at radius 1 is 1.32 bits per heavy atom. The van der Waals surface area contributed by atoms with Gasteiger partial charge < -0.3 is 14.4 Å². The Hall–Kier alpha value is -2.11. The fourth-order valence-corrected chi connectivity index (χ4v) is 1.78. The Kier molecular flexibility index (Phi) is 3.69. The molecule has 0 spiro atoms. The van der Waals surface area contributed by atoms with Crippen LogP contribution in [0.5, 0.6) is 5.75 Å². The fourth-order valence-electron chi connectivity index (χ4n) is 1.78. The molecule has 1 aliphatic rings. The average molecular weight is 264 g/mol. The number of rotatable bonds is 4. The summed E-state index contributed by atoms with van der Waals surface area (Å²) in [5, 5.41) is 0. The third-order valence-corrected chi connectivity index (χ3v) is 3.09. The highest BCUT2D eigenvalue weighted by Crippen LogP contribution is 2.27. The van der Waals surface area contributed by atoms with Gasteiger partial charge in [0.1, 0.15) is 5.69 Å². The van der Waals surface area contributed by atoms with Gasteiger partial charge in [0, 0.05) is 13.1 Å². The summed E-state index contributed by atoms with van der Waals surface area (Å²) in [5.74, 6) is -0.534. The van der Waals surface area contributed by atoms with Crippen molar-refractivity contribution in [1.29, 1.82) is 0 Å². The van der Waals surface area contributed by atoms with E-state index >= 15 is 0 Å². The molecule has 0 bridgehead atoms. The van der Waals surface area contributed by atoms with Gasteiger partial charge in [-0.15, -0.1) is 0 Å². The summed E-state index contributed by atoms with van der Waals surface area (Å²) in [4.78, 5) is 29.5. The van der Waals surface area contributed by atoms with Crippen molar-refractivity contribution in [3.05, 3.63) is 23.5 Å². The monoisotopic (exact) mass is 264 g/mol. The molecule has 0 unspecified atom stereocenters. The van der Waals surface area contributed by atoms with E-state index in [1.165, 1.54) is 14.2 Å². The first kappa shape index (κ1) is 13.3. The minimum atomic E-state index is -0.624. The summed E-state index contributed by atoms with van der Waals surface area (Å²) >= 11 is 0. The normalized spacial score (nSPS) is 13.8. The van der Waals surface area contributed by atoms with Crippen molar-refractivity contribution in [1.82, 2.24) is 9.88 Å². The van der Waals surface area contributed by atoms with Crippen LogP contribution in [0.4, 0.5) is 0 Å². The average Bonchev–Trinajstić information content (AvgIpc) is 3.28. The Morgan fingerprint density at radius 2 is 2.00 bits per heavy atom. The lowest BCUT2D eigenvalue weighted by Crippen LogP contribution is -2.30. The third-order valence-electron chi connectivity index (χ3n) is 3.09. The molecular formula is C13H16N2O4. The summed E-state index contributed by atoms with van der Waals surface area (Å²) in [6.07, 6.45) is 2.03. The van der Waals surface area contributed by atoms with Crippen LogP contribution < -0.4 is 4.74 Å². The number of carbonyl (C=O) groups is 2. The minimum Gasteiger partial charge on any atom is -0.494 e. The van der Waals surface area contributed by atoms with E-state index in [4.69, 9.17) is 4.74 Å². The van der Waals surface area contributed by atoms with Crippen LogP contribution >= 0.6 is 0 Å². The zero-order valence-electron chi connectivity index (χ0n) is 11.2. The maximum Gasteiger partial charge on any atom is 0.360 e. The molecule has 102 valence electrons.